The smallest absolute Gasteiger partial charge is 0.0465 e. The van der Waals surface area contributed by atoms with Crippen LogP contribution in [0.3, 0.4) is 0 Å². The van der Waals surface area contributed by atoms with E-state index < -0.39 is 0 Å². The van der Waals surface area contributed by atoms with E-state index in [-0.39, 0.29) is 5.41 Å². The van der Waals surface area contributed by atoms with Crippen molar-refractivity contribution in [2.24, 2.45) is 23.7 Å². The third kappa shape index (κ3) is 3.73. The van der Waals surface area contributed by atoms with Crippen molar-refractivity contribution in [1.82, 2.24) is 0 Å². The monoisotopic (exact) mass is 635 g/mol. The minimum atomic E-state index is 0.157. The molecule has 6 aromatic carbocycles. The second-order valence-corrected chi connectivity index (χ2v) is 16.0. The van der Waals surface area contributed by atoms with E-state index in [2.05, 4.69) is 144 Å². The molecule has 5 aliphatic rings. The topological polar surface area (TPSA) is 3.24 Å². The van der Waals surface area contributed by atoms with Crippen molar-refractivity contribution in [3.63, 3.8) is 0 Å². The number of nitrogens with zero attached hydrogens (tertiary/aromatic N) is 1. The lowest BCUT2D eigenvalue weighted by molar-refractivity contribution is -0.0399. The molecular formula is C46H37NS. The first-order valence-corrected chi connectivity index (χ1v) is 18.7. The van der Waals surface area contributed by atoms with E-state index in [1.165, 1.54) is 91.6 Å². The summed E-state index contributed by atoms with van der Waals surface area (Å²) >= 11 is 1.90. The predicted octanol–water partition coefficient (Wildman–Crippen LogP) is 12.9. The fourth-order valence-corrected chi connectivity index (χ4v) is 12.3. The van der Waals surface area contributed by atoms with Gasteiger partial charge in [0, 0.05) is 42.6 Å². The maximum Gasteiger partial charge on any atom is 0.0465 e. The number of thiophene rings is 1. The highest BCUT2D eigenvalue weighted by atomic mass is 32.1. The molecule has 4 bridgehead atoms. The molecule has 48 heavy (non-hydrogen) atoms. The molecule has 0 radical (unpaired) electrons. The zero-order chi connectivity index (χ0) is 31.4. The van der Waals surface area contributed by atoms with Crippen LogP contribution in [-0.2, 0) is 5.41 Å². The lowest BCUT2D eigenvalue weighted by atomic mass is 9.43. The zero-order valence-corrected chi connectivity index (χ0v) is 27.8. The van der Waals surface area contributed by atoms with Crippen molar-refractivity contribution >= 4 is 48.6 Å². The highest BCUT2D eigenvalue weighted by Crippen LogP contribution is 2.69. The van der Waals surface area contributed by atoms with Crippen molar-refractivity contribution < 1.29 is 0 Å². The lowest BCUT2D eigenvalue weighted by Gasteiger charge is -2.61. The average Bonchev–Trinajstić information content (AvgIpc) is 3.65. The molecule has 1 nitrogen and oxygen atoms in total. The van der Waals surface area contributed by atoms with Gasteiger partial charge in [-0.1, -0.05) is 97.1 Å². The van der Waals surface area contributed by atoms with E-state index in [1.807, 2.05) is 11.3 Å². The number of benzene rings is 6. The molecule has 0 unspecified atom stereocenters. The zero-order valence-electron chi connectivity index (χ0n) is 27.0. The molecule has 232 valence electrons. The number of para-hydroxylation sites is 1. The second-order valence-electron chi connectivity index (χ2n) is 14.9. The third-order valence-electron chi connectivity index (χ3n) is 12.7. The van der Waals surface area contributed by atoms with Gasteiger partial charge in [-0.05, 0) is 132 Å². The first-order valence-electron chi connectivity index (χ1n) is 17.9. The summed E-state index contributed by atoms with van der Waals surface area (Å²) in [4.78, 5) is 2.48. The van der Waals surface area contributed by atoms with E-state index in [9.17, 15) is 0 Å². The summed E-state index contributed by atoms with van der Waals surface area (Å²) in [5.41, 5.74) is 12.6. The van der Waals surface area contributed by atoms with Crippen molar-refractivity contribution in [2.75, 3.05) is 4.90 Å². The molecule has 0 aliphatic heterocycles. The Morgan fingerprint density at radius 2 is 1.10 bits per heavy atom. The van der Waals surface area contributed by atoms with Crippen LogP contribution in [0.2, 0.25) is 0 Å². The van der Waals surface area contributed by atoms with Crippen molar-refractivity contribution in [2.45, 2.75) is 37.5 Å². The first kappa shape index (κ1) is 27.3. The van der Waals surface area contributed by atoms with E-state index in [0.29, 0.717) is 0 Å². The number of hydrogen-bond acceptors (Lipinski definition) is 2. The number of hydrogen-bond donors (Lipinski definition) is 0. The van der Waals surface area contributed by atoms with Crippen LogP contribution in [0.15, 0.2) is 140 Å². The largest absolute Gasteiger partial charge is 0.310 e. The van der Waals surface area contributed by atoms with Gasteiger partial charge in [0.15, 0.2) is 0 Å². The molecular weight excluding hydrogens is 599 g/mol. The summed E-state index contributed by atoms with van der Waals surface area (Å²) in [5.74, 6) is 3.39. The highest BCUT2D eigenvalue weighted by Gasteiger charge is 2.61. The van der Waals surface area contributed by atoms with Gasteiger partial charge < -0.3 is 4.90 Å². The van der Waals surface area contributed by atoms with Gasteiger partial charge in [-0.2, -0.15) is 0 Å². The quantitative estimate of drug-likeness (QED) is 0.186. The van der Waals surface area contributed by atoms with Crippen molar-refractivity contribution in [3.8, 4) is 22.3 Å². The van der Waals surface area contributed by atoms with Crippen LogP contribution in [0.25, 0.3) is 42.4 Å². The maximum absolute atomic E-state index is 2.61. The Morgan fingerprint density at radius 1 is 0.479 bits per heavy atom. The molecule has 12 rings (SSSR count). The van der Waals surface area contributed by atoms with Crippen LogP contribution in [0.5, 0.6) is 0 Å². The minimum absolute atomic E-state index is 0.157. The third-order valence-corrected chi connectivity index (χ3v) is 13.9. The molecule has 7 aromatic rings. The van der Waals surface area contributed by atoms with Gasteiger partial charge in [0.25, 0.3) is 0 Å². The molecule has 0 amide bonds. The molecule has 0 saturated heterocycles. The fraction of sp³-hybridized carbons (Fsp3) is 0.217. The second kappa shape index (κ2) is 10.2. The summed E-state index contributed by atoms with van der Waals surface area (Å²) in [6, 6.07) is 52.7. The van der Waals surface area contributed by atoms with E-state index in [0.717, 1.165) is 23.7 Å². The Bertz CT molecular complexity index is 2340. The standard InChI is InChI=1S/C46H37NS/c1-2-9-34(10-3-1)47(35-19-17-31(18-20-35)37-13-8-14-41-40-12-5-7-16-44(40)48-45(37)41)36-21-22-39-38-11-4-6-15-42(38)46(43(39)28-36)32-24-29-23-30(26-32)27-33(46)25-29/h1-22,28-30,32-33H,23-27H2. The van der Waals surface area contributed by atoms with Crippen molar-refractivity contribution in [1.29, 1.82) is 0 Å². The van der Waals surface area contributed by atoms with Gasteiger partial charge in [-0.15, -0.1) is 11.3 Å². The highest BCUT2D eigenvalue weighted by molar-refractivity contribution is 7.26. The van der Waals surface area contributed by atoms with Crippen LogP contribution < -0.4 is 4.90 Å². The van der Waals surface area contributed by atoms with Gasteiger partial charge in [0.2, 0.25) is 0 Å². The van der Waals surface area contributed by atoms with Gasteiger partial charge in [-0.25, -0.2) is 0 Å². The molecule has 1 aromatic heterocycles. The molecule has 0 N–H and O–H groups in total. The Hall–Kier alpha value is -4.66. The molecule has 1 spiro atoms. The first-order chi connectivity index (χ1) is 23.8. The Labute approximate surface area is 286 Å². The normalized spacial score (nSPS) is 24.8. The Morgan fingerprint density at radius 3 is 1.92 bits per heavy atom. The Kier molecular flexibility index (Phi) is 5.79. The van der Waals surface area contributed by atoms with Crippen molar-refractivity contribution in [3.05, 3.63) is 151 Å². The van der Waals surface area contributed by atoms with Crippen LogP contribution in [0.4, 0.5) is 17.1 Å². The number of anilines is 3. The molecule has 4 fully saturated rings. The summed E-state index contributed by atoms with van der Waals surface area (Å²) in [6.45, 7) is 0. The lowest BCUT2D eigenvalue weighted by Crippen LogP contribution is -2.55. The van der Waals surface area contributed by atoms with E-state index in [1.54, 1.807) is 11.1 Å². The molecule has 2 heteroatoms. The van der Waals surface area contributed by atoms with Gasteiger partial charge in [0.05, 0.1) is 0 Å². The maximum atomic E-state index is 2.61. The SMILES string of the molecule is c1ccc(N(c2ccc(-c3cccc4c3sc3ccccc34)cc2)c2ccc3c(c2)C2(c4ccccc4-3)C3CC4CC(C3)CC2C4)cc1. The molecule has 4 saturated carbocycles. The molecule has 1 heterocycles. The Balaban J connectivity index is 1.05. The summed E-state index contributed by atoms with van der Waals surface area (Å²) in [5, 5.41) is 2.70. The van der Waals surface area contributed by atoms with Crippen LogP contribution in [0.1, 0.15) is 43.2 Å². The molecule has 5 aliphatic carbocycles. The minimum Gasteiger partial charge on any atom is -0.310 e. The average molecular weight is 636 g/mol. The summed E-state index contributed by atoms with van der Waals surface area (Å²) in [6.07, 6.45) is 7.10. The van der Waals surface area contributed by atoms with Crippen LogP contribution >= 0.6 is 11.3 Å². The number of fused-ring (bicyclic) bond motifs is 6. The van der Waals surface area contributed by atoms with Gasteiger partial charge in [-0.3, -0.25) is 0 Å². The van der Waals surface area contributed by atoms with E-state index in [4.69, 9.17) is 0 Å². The summed E-state index contributed by atoms with van der Waals surface area (Å²) < 4.78 is 2.72. The molecule has 0 atom stereocenters. The van der Waals surface area contributed by atoms with Gasteiger partial charge >= 0.3 is 0 Å². The fourth-order valence-electron chi connectivity index (χ4n) is 11.1. The number of rotatable bonds is 4. The predicted molar refractivity (Wildman–Crippen MR) is 203 cm³/mol. The van der Waals surface area contributed by atoms with Crippen LogP contribution in [-0.4, -0.2) is 0 Å². The summed E-state index contributed by atoms with van der Waals surface area (Å²) in [7, 11) is 0. The van der Waals surface area contributed by atoms with E-state index >= 15 is 0 Å². The van der Waals surface area contributed by atoms with Crippen LogP contribution in [0, 0.1) is 23.7 Å². The van der Waals surface area contributed by atoms with Gasteiger partial charge in [0.1, 0.15) is 0 Å².